The summed E-state index contributed by atoms with van der Waals surface area (Å²) >= 11 is 0. The van der Waals surface area contributed by atoms with Crippen molar-refractivity contribution in [2.24, 2.45) is 0 Å². The molecule has 1 atom stereocenters. The molecule has 0 bridgehead atoms. The summed E-state index contributed by atoms with van der Waals surface area (Å²) in [7, 11) is 1.08. The summed E-state index contributed by atoms with van der Waals surface area (Å²) in [6.45, 7) is 6.60. The van der Waals surface area contributed by atoms with Gasteiger partial charge in [0, 0.05) is 15.4 Å². The van der Waals surface area contributed by atoms with E-state index in [4.69, 9.17) is 0 Å². The molecule has 0 heterocycles. The standard InChI is InChI=1S/C36H29.C2H6Si.2ClH.Zr/c1-2-3-10-28-23-34-30(27-20-19-24-11-4-5-12-25(24)21-27)15-8-17-32(34)36(28)33-18-9-16-31-29-14-7-6-13-26(29)22-35(31)33;1-3-2;;;/h4-9,11-23,36H,2-3,10H2,1H3;1-2H3;2*1H;/q-1;;;;+3/p-2. The zero-order valence-corrected chi connectivity index (χ0v) is 29.4. The van der Waals surface area contributed by atoms with Gasteiger partial charge in [0.2, 0.25) is 0 Å². The van der Waals surface area contributed by atoms with Crippen LogP contribution in [0.2, 0.25) is 13.1 Å². The first-order valence-electron chi connectivity index (χ1n) is 14.2. The smallest absolute Gasteiger partial charge is 1.00 e. The molecule has 7 rings (SSSR count). The first-order valence-corrected chi connectivity index (χ1v) is 16.2. The molecule has 4 heteroatoms. The van der Waals surface area contributed by atoms with E-state index >= 15 is 0 Å². The van der Waals surface area contributed by atoms with E-state index in [-0.39, 0.29) is 51.0 Å². The Hall–Kier alpha value is -2.35. The van der Waals surface area contributed by atoms with Gasteiger partial charge in [-0.05, 0) is 51.9 Å². The van der Waals surface area contributed by atoms with Crippen molar-refractivity contribution in [2.75, 3.05) is 0 Å². The van der Waals surface area contributed by atoms with Gasteiger partial charge in [0.1, 0.15) is 0 Å². The van der Waals surface area contributed by atoms with Crippen LogP contribution < -0.4 is 24.8 Å². The van der Waals surface area contributed by atoms with Gasteiger partial charge in [-0.15, -0.1) is 33.7 Å². The minimum absolute atomic E-state index is 0. The third-order valence-corrected chi connectivity index (χ3v) is 8.03. The zero-order valence-electron chi connectivity index (χ0n) is 24.4. The Morgan fingerprint density at radius 1 is 0.714 bits per heavy atom. The first kappa shape index (κ1) is 34.1. The summed E-state index contributed by atoms with van der Waals surface area (Å²) in [4.78, 5) is 0. The van der Waals surface area contributed by atoms with Crippen LogP contribution in [0.15, 0.2) is 115 Å². The number of allylic oxidation sites excluding steroid dienone is 1. The second kappa shape index (κ2) is 15.4. The van der Waals surface area contributed by atoms with Crippen LogP contribution >= 0.6 is 0 Å². The monoisotopic (exact) mass is 679 g/mol. The van der Waals surface area contributed by atoms with Crippen molar-refractivity contribution in [2.45, 2.75) is 45.2 Å². The molecule has 1 unspecified atom stereocenters. The molecule has 0 amide bonds. The minimum atomic E-state index is 0. The van der Waals surface area contributed by atoms with Crippen molar-refractivity contribution in [3.05, 3.63) is 131 Å². The number of benzene rings is 5. The van der Waals surface area contributed by atoms with Crippen LogP contribution in [0.4, 0.5) is 0 Å². The second-order valence-electron chi connectivity index (χ2n) is 10.7. The van der Waals surface area contributed by atoms with E-state index in [1.807, 2.05) is 0 Å². The normalized spacial score (nSPS) is 13.3. The summed E-state index contributed by atoms with van der Waals surface area (Å²) in [6.07, 6.45) is 6.09. The number of fused-ring (bicyclic) bond motifs is 5. The third-order valence-electron chi connectivity index (χ3n) is 8.03. The van der Waals surface area contributed by atoms with E-state index in [1.165, 1.54) is 73.0 Å². The maximum Gasteiger partial charge on any atom is 3.00 e. The predicted octanol–water partition coefficient (Wildman–Crippen LogP) is 5.04. The van der Waals surface area contributed by atoms with E-state index in [1.54, 1.807) is 5.57 Å². The second-order valence-corrected chi connectivity index (χ2v) is 11.7. The topological polar surface area (TPSA) is 0 Å². The molecule has 6 aromatic carbocycles. The molecule has 209 valence electrons. The molecular weight excluding hydrogens is 647 g/mol. The molecule has 42 heavy (non-hydrogen) atoms. The van der Waals surface area contributed by atoms with E-state index in [0.29, 0.717) is 5.92 Å². The summed E-state index contributed by atoms with van der Waals surface area (Å²) in [5.74, 6) is 0.312. The molecule has 0 spiro atoms. The van der Waals surface area contributed by atoms with Crippen LogP contribution in [0.25, 0.3) is 49.5 Å². The predicted molar refractivity (Wildman–Crippen MR) is 173 cm³/mol. The molecular formula is C38H35Cl2SiZr. The van der Waals surface area contributed by atoms with Gasteiger partial charge in [0.25, 0.3) is 0 Å². The maximum absolute atomic E-state index is 2.52. The van der Waals surface area contributed by atoms with Crippen LogP contribution in [0.3, 0.4) is 0 Å². The molecule has 0 aromatic heterocycles. The number of halogens is 2. The third kappa shape index (κ3) is 6.44. The van der Waals surface area contributed by atoms with Crippen molar-refractivity contribution in [3.8, 4) is 11.1 Å². The van der Waals surface area contributed by atoms with Crippen molar-refractivity contribution in [3.63, 3.8) is 0 Å². The Balaban J connectivity index is 0.000000776. The average Bonchev–Trinajstić information content (AvgIpc) is 3.54. The fraction of sp³-hybridized carbons (Fsp3) is 0.184. The Morgan fingerprint density at radius 3 is 2.17 bits per heavy atom. The molecule has 0 fully saturated rings. The van der Waals surface area contributed by atoms with Gasteiger partial charge < -0.3 is 24.8 Å². The molecule has 3 radical (unpaired) electrons. The van der Waals surface area contributed by atoms with E-state index in [0.717, 1.165) is 15.9 Å². The van der Waals surface area contributed by atoms with Crippen molar-refractivity contribution >= 4 is 47.9 Å². The molecule has 1 aliphatic carbocycles. The molecule has 0 nitrogen and oxygen atoms in total. The van der Waals surface area contributed by atoms with E-state index in [2.05, 4.69) is 135 Å². The van der Waals surface area contributed by atoms with Gasteiger partial charge in [-0.3, -0.25) is 0 Å². The summed E-state index contributed by atoms with van der Waals surface area (Å²) in [5.41, 5.74) is 8.49. The van der Waals surface area contributed by atoms with Crippen LogP contribution in [0, 0.1) is 0 Å². The Bertz CT molecular complexity index is 1820. The van der Waals surface area contributed by atoms with E-state index in [9.17, 15) is 0 Å². The largest absolute Gasteiger partial charge is 3.00 e. The minimum Gasteiger partial charge on any atom is -1.00 e. The van der Waals surface area contributed by atoms with Gasteiger partial charge in [0.15, 0.2) is 0 Å². The van der Waals surface area contributed by atoms with Crippen LogP contribution in [0.1, 0.15) is 48.8 Å². The summed E-state index contributed by atoms with van der Waals surface area (Å²) < 4.78 is 0. The molecule has 0 aliphatic heterocycles. The summed E-state index contributed by atoms with van der Waals surface area (Å²) in [6, 6.07) is 40.6. The number of rotatable bonds is 5. The fourth-order valence-electron chi connectivity index (χ4n) is 6.29. The molecule has 0 saturated carbocycles. The zero-order chi connectivity index (χ0) is 26.8. The van der Waals surface area contributed by atoms with Crippen LogP contribution in [-0.2, 0) is 26.2 Å². The van der Waals surface area contributed by atoms with Crippen LogP contribution in [-0.4, -0.2) is 9.52 Å². The Kier molecular flexibility index (Phi) is 12.5. The number of unbranched alkanes of at least 4 members (excludes halogenated alkanes) is 1. The van der Waals surface area contributed by atoms with Gasteiger partial charge in [-0.2, -0.15) is 0 Å². The van der Waals surface area contributed by atoms with Gasteiger partial charge in [-0.25, -0.2) is 0 Å². The molecule has 0 saturated heterocycles. The van der Waals surface area contributed by atoms with Crippen molar-refractivity contribution in [1.29, 1.82) is 0 Å². The van der Waals surface area contributed by atoms with Crippen molar-refractivity contribution < 1.29 is 51.0 Å². The van der Waals surface area contributed by atoms with E-state index < -0.39 is 0 Å². The van der Waals surface area contributed by atoms with Gasteiger partial charge >= 0.3 is 26.2 Å². The SMILES string of the molecule is CCCCC1=Cc2c(-c3ccc4ccccc4c3)cccc2C1c1cccc2c1[cH-]c1ccccc12.C[Si]C.[Cl-].[Cl-].[Zr+3]. The van der Waals surface area contributed by atoms with Crippen molar-refractivity contribution in [1.82, 2.24) is 0 Å². The first-order chi connectivity index (χ1) is 19.2. The molecule has 1 aliphatic rings. The maximum atomic E-state index is 2.52. The average molecular weight is 682 g/mol. The number of hydrogen-bond acceptors (Lipinski definition) is 0. The van der Waals surface area contributed by atoms with Gasteiger partial charge in [-0.1, -0.05) is 135 Å². The fourth-order valence-corrected chi connectivity index (χ4v) is 6.29. The quantitative estimate of drug-likeness (QED) is 0.177. The molecule has 6 aromatic rings. The van der Waals surface area contributed by atoms with Crippen LogP contribution in [0.5, 0.6) is 0 Å². The molecule has 0 N–H and O–H groups in total. The summed E-state index contributed by atoms with van der Waals surface area (Å²) in [5, 5.41) is 8.05. The Morgan fingerprint density at radius 2 is 1.38 bits per heavy atom. The van der Waals surface area contributed by atoms with Gasteiger partial charge in [0.05, 0.1) is 0 Å². The number of hydrogen-bond donors (Lipinski definition) is 0. The Labute approximate surface area is 284 Å².